The largest absolute Gasteiger partial charge is 0.311 e. The highest BCUT2D eigenvalue weighted by molar-refractivity contribution is 8.00. The Kier molecular flexibility index (Phi) is 5.83. The van der Waals surface area contributed by atoms with Crippen LogP contribution in [0.1, 0.15) is 18.7 Å². The van der Waals surface area contributed by atoms with Gasteiger partial charge >= 0.3 is 0 Å². The third kappa shape index (κ3) is 4.14. The molecule has 1 aliphatic rings. The summed E-state index contributed by atoms with van der Waals surface area (Å²) in [7, 11) is 0. The molecule has 2 rings (SSSR count). The molecular formula is C13H21ClN2S2. The van der Waals surface area contributed by atoms with Crippen LogP contribution in [-0.4, -0.2) is 41.6 Å². The lowest BCUT2D eigenvalue weighted by Crippen LogP contribution is -2.47. The van der Waals surface area contributed by atoms with Gasteiger partial charge in [-0.2, -0.15) is 11.8 Å². The third-order valence-electron chi connectivity index (χ3n) is 3.52. The van der Waals surface area contributed by atoms with Gasteiger partial charge in [-0.1, -0.05) is 18.5 Å². The van der Waals surface area contributed by atoms with Gasteiger partial charge in [-0.15, -0.1) is 11.3 Å². The van der Waals surface area contributed by atoms with Crippen LogP contribution in [0.5, 0.6) is 0 Å². The minimum absolute atomic E-state index is 0.696. The van der Waals surface area contributed by atoms with Crippen molar-refractivity contribution in [1.29, 1.82) is 0 Å². The molecular weight excluding hydrogens is 284 g/mol. The second kappa shape index (κ2) is 7.15. The number of halogens is 1. The molecule has 5 heteroatoms. The Morgan fingerprint density at radius 3 is 3.00 bits per heavy atom. The molecule has 1 saturated heterocycles. The van der Waals surface area contributed by atoms with Crippen LogP contribution in [0, 0.1) is 0 Å². The van der Waals surface area contributed by atoms with Gasteiger partial charge in [0.2, 0.25) is 0 Å². The summed E-state index contributed by atoms with van der Waals surface area (Å²) >= 11 is 9.66. The topological polar surface area (TPSA) is 15.3 Å². The van der Waals surface area contributed by atoms with Gasteiger partial charge in [0.05, 0.1) is 4.34 Å². The van der Waals surface area contributed by atoms with Gasteiger partial charge in [-0.3, -0.25) is 4.90 Å². The first-order valence-electron chi connectivity index (χ1n) is 6.47. The predicted octanol–water partition coefficient (Wildman–Crippen LogP) is 3.32. The fourth-order valence-electron chi connectivity index (χ4n) is 2.19. The van der Waals surface area contributed by atoms with Crippen LogP contribution in [0.15, 0.2) is 12.1 Å². The Morgan fingerprint density at radius 1 is 1.44 bits per heavy atom. The van der Waals surface area contributed by atoms with Crippen molar-refractivity contribution in [1.82, 2.24) is 10.2 Å². The van der Waals surface area contributed by atoms with Gasteiger partial charge in [0.1, 0.15) is 0 Å². The lowest BCUT2D eigenvalue weighted by molar-refractivity contribution is 0.213. The van der Waals surface area contributed by atoms with Gasteiger partial charge in [0.25, 0.3) is 0 Å². The molecule has 2 unspecified atom stereocenters. The summed E-state index contributed by atoms with van der Waals surface area (Å²) < 4.78 is 0.877. The zero-order valence-corrected chi connectivity index (χ0v) is 13.4. The molecule has 2 atom stereocenters. The molecule has 102 valence electrons. The van der Waals surface area contributed by atoms with E-state index in [2.05, 4.69) is 41.9 Å². The molecule has 0 saturated carbocycles. The van der Waals surface area contributed by atoms with E-state index in [9.17, 15) is 0 Å². The van der Waals surface area contributed by atoms with Crippen LogP contribution in [0.25, 0.3) is 0 Å². The highest BCUT2D eigenvalue weighted by atomic mass is 35.5. The fourth-order valence-corrected chi connectivity index (χ4v) is 4.41. The summed E-state index contributed by atoms with van der Waals surface area (Å²) in [6, 6.07) is 4.76. The summed E-state index contributed by atoms with van der Waals surface area (Å²) in [5.41, 5.74) is 0. The molecule has 0 amide bonds. The lowest BCUT2D eigenvalue weighted by Gasteiger charge is -2.37. The number of nitrogens with one attached hydrogen (secondary N) is 1. The standard InChI is InChI=1S/C13H21ClN2S2/c1-10-11(2)17-8-7-16(10)6-5-15-9-12-3-4-13(14)18-12/h3-4,10-11,15H,5-9H2,1-2H3. The van der Waals surface area contributed by atoms with Gasteiger partial charge in [0, 0.05) is 48.1 Å². The highest BCUT2D eigenvalue weighted by Gasteiger charge is 2.24. The molecule has 1 aliphatic heterocycles. The van der Waals surface area contributed by atoms with E-state index in [-0.39, 0.29) is 0 Å². The van der Waals surface area contributed by atoms with Crippen molar-refractivity contribution < 1.29 is 0 Å². The molecule has 0 radical (unpaired) electrons. The number of nitrogens with zero attached hydrogens (tertiary/aromatic N) is 1. The van der Waals surface area contributed by atoms with Crippen LogP contribution in [-0.2, 0) is 6.54 Å². The van der Waals surface area contributed by atoms with E-state index < -0.39 is 0 Å². The van der Waals surface area contributed by atoms with Crippen LogP contribution >= 0.6 is 34.7 Å². The van der Waals surface area contributed by atoms with E-state index in [0.717, 1.165) is 29.2 Å². The second-order valence-corrected chi connectivity index (χ2v) is 8.02. The molecule has 0 bridgehead atoms. The molecule has 0 spiro atoms. The maximum absolute atomic E-state index is 5.91. The first-order valence-corrected chi connectivity index (χ1v) is 8.71. The summed E-state index contributed by atoms with van der Waals surface area (Å²) in [6.07, 6.45) is 0. The van der Waals surface area contributed by atoms with Crippen LogP contribution in [0.3, 0.4) is 0 Å². The number of hydrogen-bond donors (Lipinski definition) is 1. The average molecular weight is 305 g/mol. The van der Waals surface area contributed by atoms with Gasteiger partial charge in [-0.05, 0) is 19.1 Å². The van der Waals surface area contributed by atoms with Crippen molar-refractivity contribution >= 4 is 34.7 Å². The molecule has 0 aromatic carbocycles. The summed E-state index contributed by atoms with van der Waals surface area (Å²) in [4.78, 5) is 3.91. The van der Waals surface area contributed by atoms with E-state index in [0.29, 0.717) is 6.04 Å². The number of hydrogen-bond acceptors (Lipinski definition) is 4. The maximum Gasteiger partial charge on any atom is 0.0931 e. The molecule has 1 aromatic heterocycles. The first-order chi connectivity index (χ1) is 8.66. The third-order valence-corrected chi connectivity index (χ3v) is 6.09. The Bertz CT molecular complexity index is 370. The minimum atomic E-state index is 0.696. The summed E-state index contributed by atoms with van der Waals surface area (Å²) in [5.74, 6) is 1.27. The zero-order chi connectivity index (χ0) is 13.0. The monoisotopic (exact) mass is 304 g/mol. The van der Waals surface area contributed by atoms with E-state index in [4.69, 9.17) is 11.6 Å². The molecule has 2 heterocycles. The van der Waals surface area contributed by atoms with Crippen molar-refractivity contribution in [2.24, 2.45) is 0 Å². The van der Waals surface area contributed by atoms with Gasteiger partial charge in [-0.25, -0.2) is 0 Å². The van der Waals surface area contributed by atoms with Crippen molar-refractivity contribution in [3.8, 4) is 0 Å². The predicted molar refractivity (Wildman–Crippen MR) is 84.0 cm³/mol. The smallest absolute Gasteiger partial charge is 0.0931 e. The normalized spacial score (nSPS) is 25.5. The SMILES string of the molecule is CC1SCCN(CCNCc2ccc(Cl)s2)C1C. The van der Waals surface area contributed by atoms with Crippen LogP contribution in [0.2, 0.25) is 4.34 Å². The second-order valence-electron chi connectivity index (χ2n) is 4.74. The quantitative estimate of drug-likeness (QED) is 0.840. The van der Waals surface area contributed by atoms with E-state index >= 15 is 0 Å². The van der Waals surface area contributed by atoms with Crippen molar-refractivity contribution in [2.75, 3.05) is 25.4 Å². The number of thiophene rings is 1. The van der Waals surface area contributed by atoms with Crippen molar-refractivity contribution in [3.05, 3.63) is 21.3 Å². The molecule has 1 aromatic rings. The van der Waals surface area contributed by atoms with Gasteiger partial charge in [0.15, 0.2) is 0 Å². The summed E-state index contributed by atoms with van der Waals surface area (Å²) in [6.45, 7) is 9.04. The highest BCUT2D eigenvalue weighted by Crippen LogP contribution is 2.23. The number of rotatable bonds is 5. The minimum Gasteiger partial charge on any atom is -0.311 e. The van der Waals surface area contributed by atoms with E-state index in [1.807, 2.05) is 6.07 Å². The van der Waals surface area contributed by atoms with E-state index in [1.54, 1.807) is 11.3 Å². The Hall–Kier alpha value is 0.260. The molecule has 0 aliphatic carbocycles. The molecule has 1 N–H and O–H groups in total. The number of thioether (sulfide) groups is 1. The molecule has 18 heavy (non-hydrogen) atoms. The zero-order valence-electron chi connectivity index (χ0n) is 11.0. The van der Waals surface area contributed by atoms with E-state index in [1.165, 1.54) is 17.2 Å². The van der Waals surface area contributed by atoms with Crippen LogP contribution < -0.4 is 5.32 Å². The fraction of sp³-hybridized carbons (Fsp3) is 0.692. The van der Waals surface area contributed by atoms with Crippen molar-refractivity contribution in [2.45, 2.75) is 31.7 Å². The Labute approximate surface area is 123 Å². The maximum atomic E-state index is 5.91. The average Bonchev–Trinajstić information content (AvgIpc) is 2.76. The van der Waals surface area contributed by atoms with Gasteiger partial charge < -0.3 is 5.32 Å². The molecule has 2 nitrogen and oxygen atoms in total. The summed E-state index contributed by atoms with van der Waals surface area (Å²) in [5, 5.41) is 4.26. The molecule has 1 fully saturated rings. The van der Waals surface area contributed by atoms with Crippen LogP contribution in [0.4, 0.5) is 0 Å². The van der Waals surface area contributed by atoms with Crippen molar-refractivity contribution in [3.63, 3.8) is 0 Å². The lowest BCUT2D eigenvalue weighted by atomic mass is 10.2. The Morgan fingerprint density at radius 2 is 2.28 bits per heavy atom. The Balaban J connectivity index is 1.66. The first kappa shape index (κ1) is 14.7.